The zero-order valence-electron chi connectivity index (χ0n) is 17.5. The third-order valence-corrected chi connectivity index (χ3v) is 6.18. The SMILES string of the molecule is CCC(CC)c1cnc(-c2cc(C)cc3c2oc2ccccc23)c2cc(F)ccc12. The van der Waals surface area contributed by atoms with Crippen LogP contribution in [0.4, 0.5) is 4.39 Å². The van der Waals surface area contributed by atoms with E-state index in [9.17, 15) is 4.39 Å². The Labute approximate surface area is 175 Å². The highest BCUT2D eigenvalue weighted by Crippen LogP contribution is 2.40. The summed E-state index contributed by atoms with van der Waals surface area (Å²) < 4.78 is 20.6. The average Bonchev–Trinajstić information content (AvgIpc) is 3.12. The van der Waals surface area contributed by atoms with E-state index in [1.54, 1.807) is 12.1 Å². The summed E-state index contributed by atoms with van der Waals surface area (Å²) in [5.41, 5.74) is 5.64. The molecule has 0 aliphatic heterocycles. The van der Waals surface area contributed by atoms with Crippen LogP contribution in [-0.4, -0.2) is 4.98 Å². The van der Waals surface area contributed by atoms with Crippen LogP contribution in [0.25, 0.3) is 44.0 Å². The average molecular weight is 397 g/mol. The normalized spacial score (nSPS) is 11.9. The Morgan fingerprint density at radius 1 is 0.900 bits per heavy atom. The van der Waals surface area contributed by atoms with Gasteiger partial charge in [-0.05, 0) is 72.5 Å². The molecule has 0 aliphatic carbocycles. The highest BCUT2D eigenvalue weighted by Gasteiger charge is 2.19. The molecular formula is C27H24FNO. The lowest BCUT2D eigenvalue weighted by atomic mass is 9.89. The van der Waals surface area contributed by atoms with Crippen molar-refractivity contribution >= 4 is 32.7 Å². The lowest BCUT2D eigenvalue weighted by Gasteiger charge is -2.17. The Morgan fingerprint density at radius 3 is 2.50 bits per heavy atom. The number of fused-ring (bicyclic) bond motifs is 4. The lowest BCUT2D eigenvalue weighted by molar-refractivity contribution is 0.628. The van der Waals surface area contributed by atoms with Crippen molar-refractivity contribution in [1.82, 2.24) is 4.98 Å². The van der Waals surface area contributed by atoms with Crippen LogP contribution in [0.3, 0.4) is 0 Å². The molecule has 0 bridgehead atoms. The van der Waals surface area contributed by atoms with E-state index in [4.69, 9.17) is 9.40 Å². The van der Waals surface area contributed by atoms with Gasteiger partial charge >= 0.3 is 0 Å². The van der Waals surface area contributed by atoms with Gasteiger partial charge < -0.3 is 4.42 Å². The van der Waals surface area contributed by atoms with E-state index in [0.717, 1.165) is 62.4 Å². The van der Waals surface area contributed by atoms with Gasteiger partial charge in [-0.15, -0.1) is 0 Å². The molecule has 2 aromatic heterocycles. The molecule has 5 rings (SSSR count). The van der Waals surface area contributed by atoms with Gasteiger partial charge in [-0.3, -0.25) is 4.98 Å². The molecule has 2 nitrogen and oxygen atoms in total. The molecule has 0 unspecified atom stereocenters. The monoisotopic (exact) mass is 397 g/mol. The number of para-hydroxylation sites is 1. The molecule has 0 amide bonds. The standard InChI is InChI=1S/C27H24FNO/c1-4-17(5-2)24-15-29-26(21-14-18(28)10-11-19(21)24)23-13-16(3)12-22-20-8-6-7-9-25(20)30-27(22)23/h6-15,17H,4-5H2,1-3H3. The van der Waals surface area contributed by atoms with Crippen molar-refractivity contribution < 1.29 is 8.81 Å². The van der Waals surface area contributed by atoms with Gasteiger partial charge in [0.05, 0.1) is 5.69 Å². The summed E-state index contributed by atoms with van der Waals surface area (Å²) in [6.45, 7) is 6.46. The molecule has 0 fully saturated rings. The second-order valence-electron chi connectivity index (χ2n) is 8.05. The molecule has 3 aromatic carbocycles. The summed E-state index contributed by atoms with van der Waals surface area (Å²) in [5, 5.41) is 4.06. The maximum atomic E-state index is 14.3. The van der Waals surface area contributed by atoms with Crippen LogP contribution in [0.5, 0.6) is 0 Å². The zero-order chi connectivity index (χ0) is 20.8. The number of rotatable bonds is 4. The lowest BCUT2D eigenvalue weighted by Crippen LogP contribution is -2.00. The summed E-state index contributed by atoms with van der Waals surface area (Å²) >= 11 is 0. The number of halogens is 1. The number of aromatic nitrogens is 1. The van der Waals surface area contributed by atoms with Gasteiger partial charge in [-0.25, -0.2) is 4.39 Å². The van der Waals surface area contributed by atoms with Crippen molar-refractivity contribution in [1.29, 1.82) is 0 Å². The molecule has 0 N–H and O–H groups in total. The minimum atomic E-state index is -0.249. The number of hydrogen-bond acceptors (Lipinski definition) is 2. The maximum Gasteiger partial charge on any atom is 0.144 e. The predicted molar refractivity (Wildman–Crippen MR) is 122 cm³/mol. The Bertz CT molecular complexity index is 1390. The first-order valence-corrected chi connectivity index (χ1v) is 10.6. The topological polar surface area (TPSA) is 26.0 Å². The van der Waals surface area contributed by atoms with Crippen LogP contribution in [0.1, 0.15) is 43.7 Å². The smallest absolute Gasteiger partial charge is 0.144 e. The van der Waals surface area contributed by atoms with E-state index in [0.29, 0.717) is 5.92 Å². The molecule has 0 radical (unpaired) electrons. The molecule has 0 aliphatic rings. The Hall–Kier alpha value is -3.20. The van der Waals surface area contributed by atoms with Gasteiger partial charge in [0.25, 0.3) is 0 Å². The van der Waals surface area contributed by atoms with Crippen molar-refractivity contribution in [2.75, 3.05) is 0 Å². The van der Waals surface area contributed by atoms with Crippen molar-refractivity contribution in [3.63, 3.8) is 0 Å². The Kier molecular flexibility index (Phi) is 4.54. The van der Waals surface area contributed by atoms with Crippen molar-refractivity contribution in [3.05, 3.63) is 77.7 Å². The maximum absolute atomic E-state index is 14.3. The number of hydrogen-bond donors (Lipinski definition) is 0. The van der Waals surface area contributed by atoms with Gasteiger partial charge in [0, 0.05) is 27.9 Å². The van der Waals surface area contributed by atoms with E-state index in [-0.39, 0.29) is 5.82 Å². The largest absolute Gasteiger partial charge is 0.455 e. The van der Waals surface area contributed by atoms with Crippen LogP contribution in [-0.2, 0) is 0 Å². The number of nitrogens with zero attached hydrogens (tertiary/aromatic N) is 1. The van der Waals surface area contributed by atoms with E-state index >= 15 is 0 Å². The fourth-order valence-corrected chi connectivity index (χ4v) is 4.65. The van der Waals surface area contributed by atoms with Gasteiger partial charge in [0.15, 0.2) is 0 Å². The van der Waals surface area contributed by atoms with E-state index in [1.807, 2.05) is 30.5 Å². The Morgan fingerprint density at radius 2 is 1.70 bits per heavy atom. The molecule has 0 atom stereocenters. The van der Waals surface area contributed by atoms with E-state index < -0.39 is 0 Å². The van der Waals surface area contributed by atoms with Gasteiger partial charge in [-0.1, -0.05) is 38.1 Å². The number of benzene rings is 3. The molecule has 150 valence electrons. The summed E-state index contributed by atoms with van der Waals surface area (Å²) in [6.07, 6.45) is 4.04. The molecule has 0 saturated heterocycles. The van der Waals surface area contributed by atoms with Gasteiger partial charge in [0.2, 0.25) is 0 Å². The van der Waals surface area contributed by atoms with Gasteiger partial charge in [0.1, 0.15) is 17.0 Å². The molecule has 3 heteroatoms. The Balaban J connectivity index is 1.87. The van der Waals surface area contributed by atoms with Crippen LogP contribution < -0.4 is 0 Å². The second kappa shape index (κ2) is 7.24. The fourth-order valence-electron chi connectivity index (χ4n) is 4.65. The number of pyridine rings is 1. The van der Waals surface area contributed by atoms with Crippen molar-refractivity contribution in [2.45, 2.75) is 39.5 Å². The first-order valence-electron chi connectivity index (χ1n) is 10.6. The highest BCUT2D eigenvalue weighted by molar-refractivity contribution is 6.12. The molecule has 2 heterocycles. The third kappa shape index (κ3) is 2.88. The van der Waals surface area contributed by atoms with Crippen LogP contribution in [0.2, 0.25) is 0 Å². The van der Waals surface area contributed by atoms with Crippen molar-refractivity contribution in [3.8, 4) is 11.3 Å². The van der Waals surface area contributed by atoms with Crippen LogP contribution >= 0.6 is 0 Å². The molecule has 5 aromatic rings. The van der Waals surface area contributed by atoms with E-state index in [2.05, 4.69) is 39.0 Å². The minimum Gasteiger partial charge on any atom is -0.455 e. The zero-order valence-corrected chi connectivity index (χ0v) is 17.5. The summed E-state index contributed by atoms with van der Waals surface area (Å²) in [4.78, 5) is 4.87. The molecule has 0 saturated carbocycles. The van der Waals surface area contributed by atoms with E-state index in [1.165, 1.54) is 5.56 Å². The van der Waals surface area contributed by atoms with Crippen LogP contribution in [0.15, 0.2) is 65.2 Å². The molecule has 30 heavy (non-hydrogen) atoms. The predicted octanol–water partition coefficient (Wildman–Crippen LogP) is 8.15. The first kappa shape index (κ1) is 18.8. The molecule has 0 spiro atoms. The van der Waals surface area contributed by atoms with Crippen LogP contribution in [0, 0.1) is 12.7 Å². The quantitative estimate of drug-likeness (QED) is 0.306. The number of furan rings is 1. The number of aryl methyl sites for hydroxylation is 1. The minimum absolute atomic E-state index is 0.249. The van der Waals surface area contributed by atoms with Gasteiger partial charge in [-0.2, -0.15) is 0 Å². The molecular weight excluding hydrogens is 373 g/mol. The highest BCUT2D eigenvalue weighted by atomic mass is 19.1. The summed E-state index contributed by atoms with van der Waals surface area (Å²) in [7, 11) is 0. The summed E-state index contributed by atoms with van der Waals surface area (Å²) in [6, 6.07) is 17.3. The van der Waals surface area contributed by atoms with Crippen molar-refractivity contribution in [2.24, 2.45) is 0 Å². The third-order valence-electron chi connectivity index (χ3n) is 6.18. The summed E-state index contributed by atoms with van der Waals surface area (Å²) in [5.74, 6) is 0.156. The first-order chi connectivity index (χ1) is 14.6. The fraction of sp³-hybridized carbons (Fsp3) is 0.222. The second-order valence-corrected chi connectivity index (χ2v) is 8.05.